The van der Waals surface area contributed by atoms with E-state index in [0.29, 0.717) is 13.0 Å². The minimum atomic E-state index is -3.12. The van der Waals surface area contributed by atoms with E-state index < -0.39 is 10.0 Å². The monoisotopic (exact) mass is 296 g/mol. The molecular weight excluding hydrogens is 272 g/mol. The summed E-state index contributed by atoms with van der Waals surface area (Å²) in [6.07, 6.45) is 2.53. The van der Waals surface area contributed by atoms with Crippen LogP contribution in [0.2, 0.25) is 0 Å². The van der Waals surface area contributed by atoms with Gasteiger partial charge in [-0.3, -0.25) is 0 Å². The normalized spacial score (nSPS) is 20.2. The summed E-state index contributed by atoms with van der Waals surface area (Å²) in [4.78, 5) is 2.04. The first kappa shape index (κ1) is 15.3. The highest BCUT2D eigenvalue weighted by atomic mass is 32.2. The molecule has 1 heterocycles. The summed E-state index contributed by atoms with van der Waals surface area (Å²) in [6.45, 7) is 2.56. The zero-order chi connectivity index (χ0) is 14.8. The van der Waals surface area contributed by atoms with Gasteiger partial charge >= 0.3 is 0 Å². The van der Waals surface area contributed by atoms with Crippen LogP contribution >= 0.6 is 0 Å². The van der Waals surface area contributed by atoms with E-state index in [2.05, 4.69) is 6.07 Å². The fraction of sp³-hybridized carbons (Fsp3) is 0.600. The average Bonchev–Trinajstić information content (AvgIpc) is 2.89. The van der Waals surface area contributed by atoms with Crippen molar-refractivity contribution in [3.8, 4) is 0 Å². The Morgan fingerprint density at radius 3 is 2.75 bits per heavy atom. The molecule has 1 aliphatic heterocycles. The van der Waals surface area contributed by atoms with Crippen LogP contribution in [0, 0.1) is 0 Å². The minimum Gasteiger partial charge on any atom is -0.378 e. The fourth-order valence-electron chi connectivity index (χ4n) is 2.79. The number of sulfonamides is 1. The Morgan fingerprint density at radius 2 is 2.10 bits per heavy atom. The van der Waals surface area contributed by atoms with Gasteiger partial charge in [0.2, 0.25) is 10.0 Å². The zero-order valence-corrected chi connectivity index (χ0v) is 13.4. The van der Waals surface area contributed by atoms with Crippen molar-refractivity contribution in [3.05, 3.63) is 29.8 Å². The van der Waals surface area contributed by atoms with Gasteiger partial charge in [0.15, 0.2) is 0 Å². The number of hydrogen-bond donors (Lipinski definition) is 0. The van der Waals surface area contributed by atoms with Crippen LogP contribution in [0.4, 0.5) is 5.69 Å². The van der Waals surface area contributed by atoms with Crippen LogP contribution in [0.3, 0.4) is 0 Å². The van der Waals surface area contributed by atoms with Crippen LogP contribution in [0.25, 0.3) is 0 Å². The largest absolute Gasteiger partial charge is 0.378 e. The van der Waals surface area contributed by atoms with Crippen molar-refractivity contribution in [2.45, 2.75) is 32.2 Å². The number of rotatable bonds is 5. The van der Waals surface area contributed by atoms with Gasteiger partial charge in [0.25, 0.3) is 0 Å². The highest BCUT2D eigenvalue weighted by Gasteiger charge is 2.34. The van der Waals surface area contributed by atoms with E-state index in [0.717, 1.165) is 24.1 Å². The molecule has 0 bridgehead atoms. The van der Waals surface area contributed by atoms with Gasteiger partial charge in [-0.2, -0.15) is 4.31 Å². The molecule has 4 nitrogen and oxygen atoms in total. The van der Waals surface area contributed by atoms with Gasteiger partial charge in [0.05, 0.1) is 5.75 Å². The molecule has 2 rings (SSSR count). The highest BCUT2D eigenvalue weighted by molar-refractivity contribution is 7.89. The van der Waals surface area contributed by atoms with Gasteiger partial charge in [-0.05, 0) is 37.0 Å². The molecule has 5 heteroatoms. The summed E-state index contributed by atoms with van der Waals surface area (Å²) in [5.41, 5.74) is 2.22. The van der Waals surface area contributed by atoms with Crippen LogP contribution in [0.15, 0.2) is 24.3 Å². The maximum Gasteiger partial charge on any atom is 0.214 e. The average molecular weight is 296 g/mol. The SMILES string of the molecule is CCCS(=O)(=O)N1CCC[C@H]1c1cccc(N(C)C)c1. The Labute approximate surface area is 122 Å². The molecule has 1 aromatic rings. The van der Waals surface area contributed by atoms with Crippen molar-refractivity contribution in [1.29, 1.82) is 0 Å². The first-order valence-electron chi connectivity index (χ1n) is 7.22. The van der Waals surface area contributed by atoms with Gasteiger partial charge in [0, 0.05) is 32.4 Å². The highest BCUT2D eigenvalue weighted by Crippen LogP contribution is 2.35. The lowest BCUT2D eigenvalue weighted by Crippen LogP contribution is -2.32. The molecule has 0 aliphatic carbocycles. The lowest BCUT2D eigenvalue weighted by atomic mass is 10.0. The van der Waals surface area contributed by atoms with Gasteiger partial charge < -0.3 is 4.90 Å². The molecular formula is C15H24N2O2S. The standard InChI is InChI=1S/C15H24N2O2S/c1-4-11-20(18,19)17-10-6-9-15(17)13-7-5-8-14(12-13)16(2)3/h5,7-8,12,15H,4,6,9-11H2,1-3H3/t15-/m0/s1. The summed E-state index contributed by atoms with van der Waals surface area (Å²) < 4.78 is 26.4. The van der Waals surface area contributed by atoms with E-state index in [1.165, 1.54) is 0 Å². The predicted octanol–water partition coefficient (Wildman–Crippen LogP) is 2.63. The maximum atomic E-state index is 12.4. The smallest absolute Gasteiger partial charge is 0.214 e. The Bertz CT molecular complexity index is 555. The molecule has 0 N–H and O–H groups in total. The molecule has 112 valence electrons. The summed E-state index contributed by atoms with van der Waals surface area (Å²) in [5, 5.41) is 0. The van der Waals surface area contributed by atoms with Crippen LogP contribution in [-0.4, -0.2) is 39.1 Å². The van der Waals surface area contributed by atoms with Crippen molar-refractivity contribution in [3.63, 3.8) is 0 Å². The zero-order valence-electron chi connectivity index (χ0n) is 12.5. The molecule has 0 amide bonds. The van der Waals surface area contributed by atoms with Crippen molar-refractivity contribution in [2.24, 2.45) is 0 Å². The summed E-state index contributed by atoms with van der Waals surface area (Å²) >= 11 is 0. The van der Waals surface area contributed by atoms with Crippen molar-refractivity contribution < 1.29 is 8.42 Å². The first-order valence-corrected chi connectivity index (χ1v) is 8.83. The number of hydrogen-bond acceptors (Lipinski definition) is 3. The Balaban J connectivity index is 2.29. The summed E-state index contributed by atoms with van der Waals surface area (Å²) in [5.74, 6) is 0.247. The number of benzene rings is 1. The molecule has 0 radical (unpaired) electrons. The molecule has 1 aliphatic rings. The summed E-state index contributed by atoms with van der Waals surface area (Å²) in [7, 11) is 0.878. The van der Waals surface area contributed by atoms with Crippen LogP contribution in [0.5, 0.6) is 0 Å². The van der Waals surface area contributed by atoms with Gasteiger partial charge in [-0.1, -0.05) is 19.1 Å². The lowest BCUT2D eigenvalue weighted by molar-refractivity contribution is 0.396. The fourth-order valence-corrected chi connectivity index (χ4v) is 4.56. The molecule has 0 aromatic heterocycles. The van der Waals surface area contributed by atoms with Gasteiger partial charge in [-0.25, -0.2) is 8.42 Å². The van der Waals surface area contributed by atoms with E-state index in [1.54, 1.807) is 4.31 Å². The van der Waals surface area contributed by atoms with Gasteiger partial charge in [-0.15, -0.1) is 0 Å². The second-order valence-corrected chi connectivity index (χ2v) is 7.62. The summed E-state index contributed by atoms with van der Waals surface area (Å²) in [6, 6.07) is 8.20. The topological polar surface area (TPSA) is 40.6 Å². The third kappa shape index (κ3) is 3.15. The molecule has 1 aromatic carbocycles. The molecule has 0 saturated carbocycles. The van der Waals surface area contributed by atoms with Gasteiger partial charge in [0.1, 0.15) is 0 Å². The Hall–Kier alpha value is -1.07. The van der Waals surface area contributed by atoms with Crippen LogP contribution in [0.1, 0.15) is 37.8 Å². The quantitative estimate of drug-likeness (QED) is 0.838. The Kier molecular flexibility index (Phi) is 4.70. The van der Waals surface area contributed by atoms with E-state index >= 15 is 0 Å². The van der Waals surface area contributed by atoms with E-state index in [1.807, 2.05) is 44.1 Å². The Morgan fingerprint density at radius 1 is 1.35 bits per heavy atom. The molecule has 20 heavy (non-hydrogen) atoms. The van der Waals surface area contributed by atoms with Crippen molar-refractivity contribution in [2.75, 3.05) is 31.3 Å². The van der Waals surface area contributed by atoms with Crippen molar-refractivity contribution in [1.82, 2.24) is 4.31 Å². The molecule has 0 unspecified atom stereocenters. The first-order chi connectivity index (χ1) is 9.45. The van der Waals surface area contributed by atoms with Crippen LogP contribution in [-0.2, 0) is 10.0 Å². The molecule has 1 atom stereocenters. The predicted molar refractivity (Wildman–Crippen MR) is 83.5 cm³/mol. The van der Waals surface area contributed by atoms with E-state index in [9.17, 15) is 8.42 Å². The van der Waals surface area contributed by atoms with E-state index in [-0.39, 0.29) is 11.8 Å². The third-order valence-electron chi connectivity index (χ3n) is 3.79. The van der Waals surface area contributed by atoms with Crippen molar-refractivity contribution >= 4 is 15.7 Å². The lowest BCUT2D eigenvalue weighted by Gasteiger charge is -2.25. The molecule has 0 spiro atoms. The maximum absolute atomic E-state index is 12.4. The second-order valence-electron chi connectivity index (χ2n) is 5.57. The van der Waals surface area contributed by atoms with Crippen LogP contribution < -0.4 is 4.90 Å². The minimum absolute atomic E-state index is 0.00597. The molecule has 1 fully saturated rings. The third-order valence-corrected chi connectivity index (χ3v) is 5.87. The number of anilines is 1. The second kappa shape index (κ2) is 6.14. The number of nitrogens with zero attached hydrogens (tertiary/aromatic N) is 2. The van der Waals surface area contributed by atoms with E-state index in [4.69, 9.17) is 0 Å². The molecule has 1 saturated heterocycles.